The van der Waals surface area contributed by atoms with E-state index in [1.165, 1.54) is 17.1 Å². The summed E-state index contributed by atoms with van der Waals surface area (Å²) in [5.41, 5.74) is 1.27. The molecule has 2 fully saturated rings. The van der Waals surface area contributed by atoms with Gasteiger partial charge in [0.05, 0.1) is 17.2 Å². The maximum absolute atomic E-state index is 12.5. The zero-order valence-electron chi connectivity index (χ0n) is 19.1. The zero-order valence-corrected chi connectivity index (χ0v) is 19.9. The predicted octanol–water partition coefficient (Wildman–Crippen LogP) is 2.19. The van der Waals surface area contributed by atoms with Crippen molar-refractivity contribution in [2.45, 2.75) is 51.9 Å². The number of hydrogen-bond donors (Lipinski definition) is 1. The Morgan fingerprint density at radius 1 is 1.10 bits per heavy atom. The van der Waals surface area contributed by atoms with Gasteiger partial charge >= 0.3 is 0 Å². The van der Waals surface area contributed by atoms with Gasteiger partial charge in [-0.25, -0.2) is 4.98 Å². The van der Waals surface area contributed by atoms with Crippen LogP contribution in [-0.4, -0.2) is 91.0 Å². The first-order valence-corrected chi connectivity index (χ1v) is 12.2. The molecule has 1 amide bonds. The molecule has 1 aromatic heterocycles. The molecule has 0 aliphatic carbocycles. The lowest BCUT2D eigenvalue weighted by Crippen LogP contribution is -2.54. The number of piperidine rings is 1. The number of amides is 1. The van der Waals surface area contributed by atoms with Gasteiger partial charge in [0, 0.05) is 70.1 Å². The molecule has 2 aliphatic rings. The van der Waals surface area contributed by atoms with Crippen molar-refractivity contribution < 1.29 is 4.79 Å². The van der Waals surface area contributed by atoms with Crippen LogP contribution < -0.4 is 5.32 Å². The van der Waals surface area contributed by atoms with E-state index in [0.29, 0.717) is 12.5 Å². The van der Waals surface area contributed by atoms with Gasteiger partial charge in [0.25, 0.3) is 0 Å². The van der Waals surface area contributed by atoms with Crippen LogP contribution in [0, 0.1) is 0 Å². The summed E-state index contributed by atoms with van der Waals surface area (Å²) in [6, 6.07) is 0. The lowest BCUT2D eigenvalue weighted by atomic mass is 9.93. The minimum Gasteiger partial charge on any atom is -0.356 e. The maximum Gasteiger partial charge on any atom is 0.236 e. The second-order valence-electron chi connectivity index (χ2n) is 9.31. The van der Waals surface area contributed by atoms with E-state index in [-0.39, 0.29) is 5.41 Å². The van der Waals surface area contributed by atoms with E-state index in [4.69, 9.17) is 4.98 Å². The fourth-order valence-electron chi connectivity index (χ4n) is 3.94. The third-order valence-electron chi connectivity index (χ3n) is 5.89. The third-order valence-corrected chi connectivity index (χ3v) is 6.80. The number of piperazine rings is 1. The molecule has 0 atom stereocenters. The van der Waals surface area contributed by atoms with Gasteiger partial charge in [-0.2, -0.15) is 0 Å². The van der Waals surface area contributed by atoms with Crippen molar-refractivity contribution in [1.29, 1.82) is 0 Å². The van der Waals surface area contributed by atoms with Gasteiger partial charge in [-0.05, 0) is 19.3 Å². The molecule has 2 aliphatic heterocycles. The molecule has 0 radical (unpaired) electrons. The molecule has 8 heteroatoms. The first-order valence-electron chi connectivity index (χ1n) is 11.3. The van der Waals surface area contributed by atoms with Crippen molar-refractivity contribution in [3.63, 3.8) is 0 Å². The summed E-state index contributed by atoms with van der Waals surface area (Å²) in [6.07, 6.45) is 4.47. The van der Waals surface area contributed by atoms with Crippen LogP contribution in [0.5, 0.6) is 0 Å². The number of aliphatic imine (C=N–C) groups is 1. The molecule has 3 heterocycles. The summed E-state index contributed by atoms with van der Waals surface area (Å²) in [4.78, 5) is 28.4. The van der Waals surface area contributed by atoms with Crippen molar-refractivity contribution in [3.05, 3.63) is 16.1 Å². The van der Waals surface area contributed by atoms with Crippen LogP contribution in [0.25, 0.3) is 0 Å². The van der Waals surface area contributed by atoms with Crippen LogP contribution in [0.2, 0.25) is 0 Å². The van der Waals surface area contributed by atoms with Gasteiger partial charge < -0.3 is 15.1 Å². The van der Waals surface area contributed by atoms with Crippen LogP contribution in [0.4, 0.5) is 0 Å². The van der Waals surface area contributed by atoms with E-state index in [9.17, 15) is 4.79 Å². The monoisotopic (exact) mass is 434 g/mol. The molecule has 0 saturated carbocycles. The number of likely N-dealkylation sites (tertiary alicyclic amines) is 1. The molecule has 0 spiro atoms. The highest BCUT2D eigenvalue weighted by atomic mass is 32.1. The van der Waals surface area contributed by atoms with E-state index >= 15 is 0 Å². The molecule has 30 heavy (non-hydrogen) atoms. The zero-order chi connectivity index (χ0) is 21.6. The molecular weight excluding hydrogens is 396 g/mol. The Morgan fingerprint density at radius 2 is 1.80 bits per heavy atom. The van der Waals surface area contributed by atoms with E-state index in [2.05, 4.69) is 46.3 Å². The molecule has 0 bridgehead atoms. The van der Waals surface area contributed by atoms with Crippen molar-refractivity contribution in [3.8, 4) is 0 Å². The molecule has 7 nitrogen and oxygen atoms in total. The Bertz CT molecular complexity index is 711. The molecule has 0 aromatic carbocycles. The lowest BCUT2D eigenvalue weighted by molar-refractivity contribution is -0.133. The number of guanidine groups is 1. The SMILES string of the molecule is CN=C(NCCc1nc(C(C)(C)C)cs1)N1CCN(CC(=O)N2CCCCC2)CC1. The Morgan fingerprint density at radius 3 is 2.40 bits per heavy atom. The molecular formula is C22H38N6OS. The van der Waals surface area contributed by atoms with Gasteiger partial charge in [-0.1, -0.05) is 20.8 Å². The summed E-state index contributed by atoms with van der Waals surface area (Å²) >= 11 is 1.74. The number of hydrogen-bond acceptors (Lipinski definition) is 5. The van der Waals surface area contributed by atoms with Crippen LogP contribution in [0.1, 0.15) is 50.7 Å². The number of carbonyl (C=O) groups excluding carboxylic acids is 1. The standard InChI is InChI=1S/C22H38N6OS/c1-22(2,3)18-17-30-19(25-18)8-9-24-21(23-4)28-14-12-26(13-15-28)16-20(29)27-10-6-5-7-11-27/h17H,5-16H2,1-4H3,(H,23,24). The smallest absolute Gasteiger partial charge is 0.236 e. The fraction of sp³-hybridized carbons (Fsp3) is 0.773. The van der Waals surface area contributed by atoms with Gasteiger partial charge in [0.15, 0.2) is 5.96 Å². The molecule has 1 N–H and O–H groups in total. The lowest BCUT2D eigenvalue weighted by Gasteiger charge is -2.37. The van der Waals surface area contributed by atoms with E-state index in [0.717, 1.165) is 71.0 Å². The molecule has 168 valence electrons. The highest BCUT2D eigenvalue weighted by molar-refractivity contribution is 7.09. The summed E-state index contributed by atoms with van der Waals surface area (Å²) < 4.78 is 0. The quantitative estimate of drug-likeness (QED) is 0.569. The maximum atomic E-state index is 12.5. The molecule has 2 saturated heterocycles. The number of carbonyl (C=O) groups is 1. The van der Waals surface area contributed by atoms with Gasteiger partial charge in [0.1, 0.15) is 0 Å². The Hall–Kier alpha value is -1.67. The highest BCUT2D eigenvalue weighted by Crippen LogP contribution is 2.23. The number of aromatic nitrogens is 1. The molecule has 3 rings (SSSR count). The van der Waals surface area contributed by atoms with Crippen molar-refractivity contribution in [1.82, 2.24) is 25.0 Å². The molecule has 1 aromatic rings. The topological polar surface area (TPSA) is 64.1 Å². The number of nitrogens with zero attached hydrogens (tertiary/aromatic N) is 5. The predicted molar refractivity (Wildman–Crippen MR) is 124 cm³/mol. The summed E-state index contributed by atoms with van der Waals surface area (Å²) in [5, 5.41) is 6.84. The van der Waals surface area contributed by atoms with Crippen LogP contribution >= 0.6 is 11.3 Å². The second kappa shape index (κ2) is 10.6. The first-order chi connectivity index (χ1) is 14.4. The van der Waals surface area contributed by atoms with Crippen molar-refractivity contribution >= 4 is 23.2 Å². The van der Waals surface area contributed by atoms with Crippen molar-refractivity contribution in [2.24, 2.45) is 4.99 Å². The Kier molecular flexibility index (Phi) is 8.11. The fourth-order valence-corrected chi connectivity index (χ4v) is 4.96. The van der Waals surface area contributed by atoms with E-state index in [1.807, 2.05) is 11.9 Å². The number of rotatable bonds is 5. The number of nitrogens with one attached hydrogen (secondary N) is 1. The van der Waals surface area contributed by atoms with Gasteiger partial charge in [0.2, 0.25) is 5.91 Å². The average Bonchev–Trinajstić information content (AvgIpc) is 3.22. The highest BCUT2D eigenvalue weighted by Gasteiger charge is 2.24. The second-order valence-corrected chi connectivity index (χ2v) is 10.2. The van der Waals surface area contributed by atoms with Crippen LogP contribution in [0.15, 0.2) is 10.4 Å². The minimum atomic E-state index is 0.104. The minimum absolute atomic E-state index is 0.104. The van der Waals surface area contributed by atoms with E-state index in [1.54, 1.807) is 11.3 Å². The normalized spacial score (nSPS) is 19.3. The Labute approximate surface area is 185 Å². The van der Waals surface area contributed by atoms with Crippen molar-refractivity contribution in [2.75, 3.05) is 59.4 Å². The van der Waals surface area contributed by atoms with Gasteiger partial charge in [-0.3, -0.25) is 14.7 Å². The largest absolute Gasteiger partial charge is 0.356 e. The third kappa shape index (κ3) is 6.41. The summed E-state index contributed by atoms with van der Waals surface area (Å²) in [7, 11) is 1.84. The Balaban J connectivity index is 1.39. The molecule has 0 unspecified atom stereocenters. The van der Waals surface area contributed by atoms with Gasteiger partial charge in [-0.15, -0.1) is 11.3 Å². The summed E-state index contributed by atoms with van der Waals surface area (Å²) in [6.45, 7) is 13.5. The van der Waals surface area contributed by atoms with Crippen LogP contribution in [0.3, 0.4) is 0 Å². The first kappa shape index (κ1) is 23.0. The van der Waals surface area contributed by atoms with E-state index < -0.39 is 0 Å². The average molecular weight is 435 g/mol. The van der Waals surface area contributed by atoms with Crippen LogP contribution in [-0.2, 0) is 16.6 Å². The summed E-state index contributed by atoms with van der Waals surface area (Å²) in [5.74, 6) is 1.24. The number of thiazole rings is 1.